The number of pyridine rings is 1. The minimum absolute atomic E-state index is 0.0365. The van der Waals surface area contributed by atoms with Crippen LogP contribution in [0.2, 0.25) is 0 Å². The van der Waals surface area contributed by atoms with Gasteiger partial charge in [0.25, 0.3) is 5.56 Å². The molecule has 2 aliphatic rings. The van der Waals surface area contributed by atoms with E-state index in [1.54, 1.807) is 16.8 Å². The van der Waals surface area contributed by atoms with E-state index in [-0.39, 0.29) is 17.5 Å². The Kier molecular flexibility index (Phi) is 7.25. The van der Waals surface area contributed by atoms with Crippen molar-refractivity contribution in [3.8, 4) is 5.75 Å². The number of halogens is 1. The molecule has 39 heavy (non-hydrogen) atoms. The predicted octanol–water partition coefficient (Wildman–Crippen LogP) is 3.14. The van der Waals surface area contributed by atoms with Gasteiger partial charge < -0.3 is 19.4 Å². The van der Waals surface area contributed by atoms with Crippen molar-refractivity contribution in [2.75, 3.05) is 44.3 Å². The van der Waals surface area contributed by atoms with Crippen molar-refractivity contribution < 1.29 is 13.9 Å². The molecule has 4 aromatic rings. The van der Waals surface area contributed by atoms with Crippen molar-refractivity contribution in [3.63, 3.8) is 0 Å². The highest BCUT2D eigenvalue weighted by Gasteiger charge is 2.34. The zero-order valence-corrected chi connectivity index (χ0v) is 21.9. The highest BCUT2D eigenvalue weighted by molar-refractivity contribution is 5.80. The molecule has 2 saturated heterocycles. The smallest absolute Gasteiger partial charge is 0.253 e. The van der Waals surface area contributed by atoms with Gasteiger partial charge in [0.15, 0.2) is 5.82 Å². The molecule has 1 N–H and O–H groups in total. The molecule has 0 bridgehead atoms. The minimum atomic E-state index is -0.493. The molecule has 10 nitrogen and oxygen atoms in total. The van der Waals surface area contributed by atoms with Gasteiger partial charge in [-0.05, 0) is 66.6 Å². The van der Waals surface area contributed by atoms with E-state index in [9.17, 15) is 9.18 Å². The molecule has 2 aliphatic heterocycles. The summed E-state index contributed by atoms with van der Waals surface area (Å²) in [5.74, 6) is 1.09. The number of nitrogens with zero attached hydrogens (tertiary/aromatic N) is 6. The van der Waals surface area contributed by atoms with Crippen LogP contribution in [-0.2, 0) is 11.3 Å². The van der Waals surface area contributed by atoms with Crippen LogP contribution >= 0.6 is 0 Å². The predicted molar refractivity (Wildman–Crippen MR) is 145 cm³/mol. The zero-order chi connectivity index (χ0) is 26.8. The van der Waals surface area contributed by atoms with Gasteiger partial charge in [-0.3, -0.25) is 9.69 Å². The maximum absolute atomic E-state index is 14.5. The Morgan fingerprint density at radius 1 is 1.15 bits per heavy atom. The van der Waals surface area contributed by atoms with Gasteiger partial charge in [-0.2, -0.15) is 0 Å². The van der Waals surface area contributed by atoms with E-state index in [1.165, 1.54) is 6.07 Å². The van der Waals surface area contributed by atoms with Crippen molar-refractivity contribution in [2.45, 2.75) is 38.5 Å². The SMILES string of the molecule is CCOc1ccc2[nH]c(=O)c([C@@H](c3nnnn3C[C@H]3CCCO3)N3CCN(c4ccccc4F)CC3)cc2c1. The first kappa shape index (κ1) is 25.4. The Balaban J connectivity index is 1.37. The second-order valence-corrected chi connectivity index (χ2v) is 9.97. The highest BCUT2D eigenvalue weighted by Crippen LogP contribution is 2.30. The van der Waals surface area contributed by atoms with Crippen molar-refractivity contribution in [1.82, 2.24) is 30.1 Å². The molecule has 0 saturated carbocycles. The van der Waals surface area contributed by atoms with Gasteiger partial charge >= 0.3 is 0 Å². The summed E-state index contributed by atoms with van der Waals surface area (Å²) < 4.78 is 27.8. The summed E-state index contributed by atoms with van der Waals surface area (Å²) in [6.07, 6.45) is 1.99. The van der Waals surface area contributed by atoms with Gasteiger partial charge in [0.05, 0.1) is 24.9 Å². The third-order valence-corrected chi connectivity index (χ3v) is 7.53. The number of aromatic amines is 1. The molecule has 4 heterocycles. The maximum Gasteiger partial charge on any atom is 0.253 e. The molecule has 2 atom stereocenters. The number of hydrogen-bond donors (Lipinski definition) is 1. The summed E-state index contributed by atoms with van der Waals surface area (Å²) >= 11 is 0. The number of hydrogen-bond acceptors (Lipinski definition) is 8. The molecular weight excluding hydrogens is 501 g/mol. The van der Waals surface area contributed by atoms with Crippen LogP contribution in [0.5, 0.6) is 5.75 Å². The molecule has 0 radical (unpaired) electrons. The average Bonchev–Trinajstić information content (AvgIpc) is 3.63. The molecule has 11 heteroatoms. The highest BCUT2D eigenvalue weighted by atomic mass is 19.1. The fraction of sp³-hybridized carbons (Fsp3) is 0.429. The van der Waals surface area contributed by atoms with Crippen molar-refractivity contribution >= 4 is 16.6 Å². The van der Waals surface area contributed by atoms with Gasteiger partial charge in [0, 0.05) is 49.3 Å². The van der Waals surface area contributed by atoms with Gasteiger partial charge in [0.2, 0.25) is 0 Å². The van der Waals surface area contributed by atoms with E-state index in [4.69, 9.17) is 9.47 Å². The molecule has 0 amide bonds. The van der Waals surface area contributed by atoms with E-state index >= 15 is 0 Å². The summed E-state index contributed by atoms with van der Waals surface area (Å²) in [7, 11) is 0. The first-order valence-corrected chi connectivity index (χ1v) is 13.5. The molecule has 2 aromatic heterocycles. The van der Waals surface area contributed by atoms with E-state index < -0.39 is 6.04 Å². The fourth-order valence-corrected chi connectivity index (χ4v) is 5.61. The Morgan fingerprint density at radius 2 is 2.00 bits per heavy atom. The number of ether oxygens (including phenoxy) is 2. The molecule has 2 fully saturated rings. The zero-order valence-electron chi connectivity index (χ0n) is 21.9. The van der Waals surface area contributed by atoms with E-state index in [2.05, 4.69) is 25.4 Å². The molecule has 204 valence electrons. The number of H-pyrrole nitrogens is 1. The topological polar surface area (TPSA) is 101 Å². The van der Waals surface area contributed by atoms with E-state index in [1.807, 2.05) is 42.2 Å². The number of fused-ring (bicyclic) bond motifs is 1. The molecular formula is C28H32FN7O3. The van der Waals surface area contributed by atoms with Crippen LogP contribution < -0.4 is 15.2 Å². The normalized spacial score (nSPS) is 19.0. The van der Waals surface area contributed by atoms with Crippen LogP contribution in [0.4, 0.5) is 10.1 Å². The summed E-state index contributed by atoms with van der Waals surface area (Å²) in [5.41, 5.74) is 1.68. The van der Waals surface area contributed by atoms with Gasteiger partial charge in [-0.25, -0.2) is 9.07 Å². The van der Waals surface area contributed by atoms with Crippen LogP contribution in [-0.4, -0.2) is 75.6 Å². The van der Waals surface area contributed by atoms with Crippen molar-refractivity contribution in [1.29, 1.82) is 0 Å². The molecule has 0 spiro atoms. The third kappa shape index (κ3) is 5.24. The quantitative estimate of drug-likeness (QED) is 0.369. The minimum Gasteiger partial charge on any atom is -0.494 e. The second-order valence-electron chi connectivity index (χ2n) is 9.97. The van der Waals surface area contributed by atoms with E-state index in [0.717, 1.165) is 36.1 Å². The Bertz CT molecular complexity index is 1490. The van der Waals surface area contributed by atoms with Crippen LogP contribution in [0.15, 0.2) is 53.3 Å². The number of tetrazole rings is 1. The fourth-order valence-electron chi connectivity index (χ4n) is 5.61. The Hall–Kier alpha value is -3.83. The first-order chi connectivity index (χ1) is 19.1. The third-order valence-electron chi connectivity index (χ3n) is 7.53. The number of rotatable bonds is 8. The van der Waals surface area contributed by atoms with E-state index in [0.29, 0.717) is 56.4 Å². The van der Waals surface area contributed by atoms with Crippen LogP contribution in [0.3, 0.4) is 0 Å². The van der Waals surface area contributed by atoms with Crippen molar-refractivity contribution in [2.24, 2.45) is 0 Å². The lowest BCUT2D eigenvalue weighted by Crippen LogP contribution is -2.49. The van der Waals surface area contributed by atoms with Gasteiger partial charge in [-0.1, -0.05) is 12.1 Å². The Labute approximate surface area is 225 Å². The molecule has 6 rings (SSSR count). The summed E-state index contributed by atoms with van der Waals surface area (Å²) in [6, 6.07) is 13.9. The lowest BCUT2D eigenvalue weighted by Gasteiger charge is -2.39. The maximum atomic E-state index is 14.5. The standard InChI is InChI=1S/C28H32FN7O3/c1-2-38-20-9-10-24-19(16-20)17-22(28(37)30-24)26(27-31-32-33-36(27)18-21-6-5-15-39-21)35-13-11-34(12-14-35)25-8-4-3-7-23(25)29/h3-4,7-10,16-17,21,26H,2,5-6,11-15,18H2,1H3,(H,30,37)/t21-,26+/m1/s1. The second kappa shape index (κ2) is 11.1. The first-order valence-electron chi connectivity index (χ1n) is 13.5. The summed E-state index contributed by atoms with van der Waals surface area (Å²) in [5, 5.41) is 13.6. The molecule has 0 unspecified atom stereocenters. The van der Waals surface area contributed by atoms with Crippen LogP contribution in [0.25, 0.3) is 10.9 Å². The van der Waals surface area contributed by atoms with Crippen LogP contribution in [0.1, 0.15) is 37.2 Å². The lowest BCUT2D eigenvalue weighted by molar-refractivity contribution is 0.0906. The number of nitrogens with one attached hydrogen (secondary N) is 1. The van der Waals surface area contributed by atoms with Gasteiger partial charge in [-0.15, -0.1) is 5.10 Å². The van der Waals surface area contributed by atoms with Crippen LogP contribution in [0, 0.1) is 5.82 Å². The molecule has 0 aliphatic carbocycles. The number of para-hydroxylation sites is 1. The summed E-state index contributed by atoms with van der Waals surface area (Å²) in [6.45, 7) is 6.14. The lowest BCUT2D eigenvalue weighted by atomic mass is 10.0. The average molecular weight is 534 g/mol. The largest absolute Gasteiger partial charge is 0.494 e. The Morgan fingerprint density at radius 3 is 2.77 bits per heavy atom. The number of aromatic nitrogens is 5. The molecule has 2 aromatic carbocycles. The number of anilines is 1. The number of piperazine rings is 1. The summed E-state index contributed by atoms with van der Waals surface area (Å²) in [4.78, 5) is 20.8. The van der Waals surface area contributed by atoms with Crippen molar-refractivity contribution in [3.05, 3.63) is 76.1 Å². The monoisotopic (exact) mass is 533 g/mol. The number of benzene rings is 2. The van der Waals surface area contributed by atoms with Gasteiger partial charge in [0.1, 0.15) is 17.6 Å².